The van der Waals surface area contributed by atoms with Crippen molar-refractivity contribution in [3.8, 4) is 6.07 Å². The molecule has 0 fully saturated rings. The predicted molar refractivity (Wildman–Crippen MR) is 94.4 cm³/mol. The lowest BCUT2D eigenvalue weighted by molar-refractivity contribution is -0.384. The van der Waals surface area contributed by atoms with E-state index in [0.717, 1.165) is 4.70 Å². The van der Waals surface area contributed by atoms with Crippen LogP contribution in [0.15, 0.2) is 36.4 Å². The number of halogens is 1. The number of non-ortho nitro benzene ring substituents is 1. The molecule has 0 atom stereocenters. The maximum absolute atomic E-state index is 13.5. The molecule has 25 heavy (non-hydrogen) atoms. The van der Waals surface area contributed by atoms with Crippen LogP contribution in [0.3, 0.4) is 0 Å². The quantitative estimate of drug-likeness (QED) is 0.396. The second kappa shape index (κ2) is 7.11. The summed E-state index contributed by atoms with van der Waals surface area (Å²) in [5, 5.41) is 26.5. The Labute approximate surface area is 145 Å². The summed E-state index contributed by atoms with van der Waals surface area (Å²) < 4.78 is 14.2. The van der Waals surface area contributed by atoms with Crippen LogP contribution in [0, 0.1) is 27.3 Å². The SMILES string of the molecule is N#Cc1c(F)cccc1NCCNc1nc2ccc([N+](=O)[O-])cc2s1. The van der Waals surface area contributed by atoms with E-state index in [0.29, 0.717) is 29.4 Å². The molecule has 1 heterocycles. The second-order valence-electron chi connectivity index (χ2n) is 5.06. The fourth-order valence-electron chi connectivity index (χ4n) is 2.25. The van der Waals surface area contributed by atoms with Gasteiger partial charge in [0.05, 0.1) is 20.8 Å². The second-order valence-corrected chi connectivity index (χ2v) is 6.09. The van der Waals surface area contributed by atoms with Crippen LogP contribution < -0.4 is 10.6 Å². The van der Waals surface area contributed by atoms with E-state index in [1.165, 1.54) is 35.6 Å². The van der Waals surface area contributed by atoms with Gasteiger partial charge in [0.25, 0.3) is 5.69 Å². The predicted octanol–water partition coefficient (Wildman–Crippen LogP) is 3.74. The number of rotatable bonds is 6. The number of anilines is 2. The molecule has 7 nitrogen and oxygen atoms in total. The molecule has 0 saturated heterocycles. The average Bonchev–Trinajstić information content (AvgIpc) is 3.00. The highest BCUT2D eigenvalue weighted by atomic mass is 32.1. The molecule has 0 aliphatic heterocycles. The van der Waals surface area contributed by atoms with E-state index in [4.69, 9.17) is 5.26 Å². The van der Waals surface area contributed by atoms with Gasteiger partial charge in [-0.15, -0.1) is 0 Å². The maximum Gasteiger partial charge on any atom is 0.270 e. The standard InChI is InChI=1S/C16H12FN5O2S/c17-12-2-1-3-13(11(12)9-18)19-6-7-20-16-21-14-5-4-10(22(23)24)8-15(14)25-16/h1-5,8,19H,6-7H2,(H,20,21). The first-order valence-corrected chi connectivity index (χ1v) is 8.11. The smallest absolute Gasteiger partial charge is 0.270 e. The zero-order chi connectivity index (χ0) is 17.8. The Morgan fingerprint density at radius 1 is 1.28 bits per heavy atom. The van der Waals surface area contributed by atoms with Gasteiger partial charge in [0.2, 0.25) is 0 Å². The molecule has 0 spiro atoms. The zero-order valence-corrected chi connectivity index (χ0v) is 13.6. The van der Waals surface area contributed by atoms with Crippen molar-refractivity contribution in [2.45, 2.75) is 0 Å². The number of nitriles is 1. The summed E-state index contributed by atoms with van der Waals surface area (Å²) in [6.45, 7) is 0.942. The summed E-state index contributed by atoms with van der Waals surface area (Å²) in [5.74, 6) is -0.562. The number of hydrogen-bond donors (Lipinski definition) is 2. The molecule has 0 bridgehead atoms. The van der Waals surface area contributed by atoms with E-state index in [1.807, 2.05) is 6.07 Å². The normalized spacial score (nSPS) is 10.4. The summed E-state index contributed by atoms with van der Waals surface area (Å²) in [7, 11) is 0. The Balaban J connectivity index is 1.61. The van der Waals surface area contributed by atoms with Gasteiger partial charge in [-0.2, -0.15) is 5.26 Å². The molecule has 3 rings (SSSR count). The van der Waals surface area contributed by atoms with Crippen LogP contribution in [0.5, 0.6) is 0 Å². The molecular weight excluding hydrogens is 345 g/mol. The van der Waals surface area contributed by atoms with Crippen LogP contribution in [-0.2, 0) is 0 Å². The molecule has 126 valence electrons. The Morgan fingerprint density at radius 3 is 2.84 bits per heavy atom. The van der Waals surface area contributed by atoms with Crippen molar-refractivity contribution in [3.63, 3.8) is 0 Å². The minimum absolute atomic E-state index is 0.0187. The molecule has 2 aromatic carbocycles. The van der Waals surface area contributed by atoms with Crippen LogP contribution in [0.4, 0.5) is 20.9 Å². The molecule has 0 radical (unpaired) electrons. The van der Waals surface area contributed by atoms with Gasteiger partial charge in [0.15, 0.2) is 5.13 Å². The molecular formula is C16H12FN5O2S. The number of aromatic nitrogens is 1. The van der Waals surface area contributed by atoms with Gasteiger partial charge in [-0.05, 0) is 18.2 Å². The topological polar surface area (TPSA) is 104 Å². The molecule has 0 unspecified atom stereocenters. The minimum Gasteiger partial charge on any atom is -0.382 e. The Morgan fingerprint density at radius 2 is 2.08 bits per heavy atom. The lowest BCUT2D eigenvalue weighted by atomic mass is 10.2. The number of hydrogen-bond acceptors (Lipinski definition) is 7. The van der Waals surface area contributed by atoms with Gasteiger partial charge in [-0.1, -0.05) is 17.4 Å². The molecule has 0 amide bonds. The van der Waals surface area contributed by atoms with Gasteiger partial charge in [-0.3, -0.25) is 10.1 Å². The molecule has 3 aromatic rings. The fourth-order valence-corrected chi connectivity index (χ4v) is 3.18. The van der Waals surface area contributed by atoms with E-state index < -0.39 is 10.7 Å². The van der Waals surface area contributed by atoms with Crippen LogP contribution in [0.2, 0.25) is 0 Å². The van der Waals surface area contributed by atoms with Gasteiger partial charge < -0.3 is 10.6 Å². The van der Waals surface area contributed by atoms with E-state index in [9.17, 15) is 14.5 Å². The van der Waals surface area contributed by atoms with Crippen molar-refractivity contribution in [2.75, 3.05) is 23.7 Å². The summed E-state index contributed by atoms with van der Waals surface area (Å²) in [6.07, 6.45) is 0. The van der Waals surface area contributed by atoms with Gasteiger partial charge in [0.1, 0.15) is 17.4 Å². The maximum atomic E-state index is 13.5. The van der Waals surface area contributed by atoms with Crippen LogP contribution >= 0.6 is 11.3 Å². The van der Waals surface area contributed by atoms with Crippen LogP contribution in [0.1, 0.15) is 5.56 Å². The van der Waals surface area contributed by atoms with Crippen LogP contribution in [0.25, 0.3) is 10.2 Å². The Kier molecular flexibility index (Phi) is 4.72. The molecule has 1 aromatic heterocycles. The third kappa shape index (κ3) is 3.64. The highest BCUT2D eigenvalue weighted by molar-refractivity contribution is 7.22. The van der Waals surface area contributed by atoms with Crippen LogP contribution in [-0.4, -0.2) is 23.0 Å². The number of thiazole rings is 1. The molecule has 2 N–H and O–H groups in total. The fraction of sp³-hybridized carbons (Fsp3) is 0.125. The van der Waals surface area contributed by atoms with Crippen molar-refractivity contribution < 1.29 is 9.31 Å². The Hall–Kier alpha value is -3.25. The third-order valence-corrected chi connectivity index (χ3v) is 4.40. The first-order valence-electron chi connectivity index (χ1n) is 7.30. The van der Waals surface area contributed by atoms with Crippen molar-refractivity contribution in [1.29, 1.82) is 5.26 Å². The van der Waals surface area contributed by atoms with Crippen molar-refractivity contribution in [3.05, 3.63) is 57.9 Å². The van der Waals surface area contributed by atoms with E-state index in [2.05, 4.69) is 15.6 Å². The highest BCUT2D eigenvalue weighted by Gasteiger charge is 2.10. The summed E-state index contributed by atoms with van der Waals surface area (Å²) in [4.78, 5) is 14.7. The van der Waals surface area contributed by atoms with E-state index >= 15 is 0 Å². The van der Waals surface area contributed by atoms with E-state index in [1.54, 1.807) is 12.1 Å². The number of fused-ring (bicyclic) bond motifs is 1. The highest BCUT2D eigenvalue weighted by Crippen LogP contribution is 2.29. The molecule has 0 aliphatic rings. The number of benzene rings is 2. The van der Waals surface area contributed by atoms with Gasteiger partial charge in [-0.25, -0.2) is 9.37 Å². The largest absolute Gasteiger partial charge is 0.382 e. The summed E-state index contributed by atoms with van der Waals surface area (Å²) >= 11 is 1.32. The number of nitrogens with one attached hydrogen (secondary N) is 2. The molecule has 0 aliphatic carbocycles. The third-order valence-electron chi connectivity index (χ3n) is 3.42. The van der Waals surface area contributed by atoms with Gasteiger partial charge >= 0.3 is 0 Å². The van der Waals surface area contributed by atoms with Crippen molar-refractivity contribution >= 4 is 38.1 Å². The molecule has 0 saturated carbocycles. The number of nitro groups is 1. The monoisotopic (exact) mass is 357 g/mol. The lowest BCUT2D eigenvalue weighted by Gasteiger charge is -2.08. The first-order chi connectivity index (χ1) is 12.1. The summed E-state index contributed by atoms with van der Waals surface area (Å²) in [5.41, 5.74) is 1.13. The lowest BCUT2D eigenvalue weighted by Crippen LogP contribution is -2.14. The first kappa shape index (κ1) is 16.6. The van der Waals surface area contributed by atoms with Crippen molar-refractivity contribution in [2.24, 2.45) is 0 Å². The number of nitrogens with zero attached hydrogens (tertiary/aromatic N) is 3. The summed E-state index contributed by atoms with van der Waals surface area (Å²) in [6, 6.07) is 10.8. The Bertz CT molecular complexity index is 982. The number of nitro benzene ring substituents is 1. The average molecular weight is 357 g/mol. The molecule has 9 heteroatoms. The van der Waals surface area contributed by atoms with Gasteiger partial charge in [0, 0.05) is 25.2 Å². The zero-order valence-electron chi connectivity index (χ0n) is 12.8. The minimum atomic E-state index is -0.562. The van der Waals surface area contributed by atoms with Crippen molar-refractivity contribution in [1.82, 2.24) is 4.98 Å². The van der Waals surface area contributed by atoms with E-state index in [-0.39, 0.29) is 11.3 Å².